The van der Waals surface area contributed by atoms with Crippen LogP contribution in [0.1, 0.15) is 19.3 Å². The van der Waals surface area contributed by atoms with Crippen molar-refractivity contribution < 1.29 is 14.3 Å². The van der Waals surface area contributed by atoms with Crippen LogP contribution in [0.3, 0.4) is 0 Å². The van der Waals surface area contributed by atoms with Gasteiger partial charge in [0.2, 0.25) is 0 Å². The van der Waals surface area contributed by atoms with Crippen molar-refractivity contribution in [2.75, 3.05) is 57.4 Å². The summed E-state index contributed by atoms with van der Waals surface area (Å²) >= 11 is 3.03. The molecule has 0 aliphatic carbocycles. The standard InChI is InChI=1S/C24H25N3O3S2/c28-22(20-7-4-16-31-20)25-8-10-26(11-9-25)23(29)21-17-19(18-5-2-1-3-6-18)24(32-21)27-12-14-30-15-13-27/h1-7,16-17H,8-15H2. The first-order valence-electron chi connectivity index (χ1n) is 10.8. The second-order valence-electron chi connectivity index (χ2n) is 7.86. The van der Waals surface area contributed by atoms with E-state index in [0.29, 0.717) is 39.4 Å². The molecule has 4 heterocycles. The summed E-state index contributed by atoms with van der Waals surface area (Å²) in [5.41, 5.74) is 2.23. The van der Waals surface area contributed by atoms with E-state index in [1.807, 2.05) is 51.6 Å². The average molecular weight is 468 g/mol. The van der Waals surface area contributed by atoms with Crippen molar-refractivity contribution in [1.82, 2.24) is 9.80 Å². The summed E-state index contributed by atoms with van der Waals surface area (Å²) in [5, 5.41) is 3.05. The van der Waals surface area contributed by atoms with Gasteiger partial charge < -0.3 is 19.4 Å². The molecule has 0 spiro atoms. The minimum Gasteiger partial charge on any atom is -0.378 e. The summed E-state index contributed by atoms with van der Waals surface area (Å²) in [4.78, 5) is 33.5. The van der Waals surface area contributed by atoms with Crippen LogP contribution >= 0.6 is 22.7 Å². The molecule has 2 saturated heterocycles. The lowest BCUT2D eigenvalue weighted by atomic mass is 10.1. The Morgan fingerprint density at radius 3 is 2.06 bits per heavy atom. The van der Waals surface area contributed by atoms with E-state index < -0.39 is 0 Å². The summed E-state index contributed by atoms with van der Waals surface area (Å²) in [7, 11) is 0. The van der Waals surface area contributed by atoms with Gasteiger partial charge in [-0.1, -0.05) is 36.4 Å². The van der Waals surface area contributed by atoms with Crippen molar-refractivity contribution in [1.29, 1.82) is 0 Å². The number of thiophene rings is 2. The molecule has 0 saturated carbocycles. The lowest BCUT2D eigenvalue weighted by Gasteiger charge is -2.34. The van der Waals surface area contributed by atoms with Crippen molar-refractivity contribution in [3.8, 4) is 11.1 Å². The highest BCUT2D eigenvalue weighted by Gasteiger charge is 2.28. The van der Waals surface area contributed by atoms with Gasteiger partial charge in [-0.25, -0.2) is 0 Å². The number of anilines is 1. The zero-order valence-corrected chi connectivity index (χ0v) is 19.4. The molecule has 3 aromatic rings. The van der Waals surface area contributed by atoms with Crippen LogP contribution in [0.2, 0.25) is 0 Å². The van der Waals surface area contributed by atoms with Gasteiger partial charge in [0.1, 0.15) is 0 Å². The first kappa shape index (κ1) is 21.2. The minimum absolute atomic E-state index is 0.0508. The Balaban J connectivity index is 1.34. The highest BCUT2D eigenvalue weighted by Crippen LogP contribution is 2.40. The molecule has 2 fully saturated rings. The molecule has 0 bridgehead atoms. The number of piperazine rings is 1. The molecular formula is C24H25N3O3S2. The SMILES string of the molecule is O=C(c1cccs1)N1CCN(C(=O)c2cc(-c3ccccc3)c(N3CCOCC3)s2)CC1. The molecule has 8 heteroatoms. The van der Waals surface area contributed by atoms with Gasteiger partial charge in [-0.3, -0.25) is 9.59 Å². The largest absolute Gasteiger partial charge is 0.378 e. The molecule has 2 aromatic heterocycles. The minimum atomic E-state index is 0.0508. The van der Waals surface area contributed by atoms with Crippen molar-refractivity contribution >= 4 is 39.5 Å². The Labute approximate surface area is 195 Å². The third kappa shape index (κ3) is 4.30. The zero-order valence-electron chi connectivity index (χ0n) is 17.7. The van der Waals surface area contributed by atoms with Crippen LogP contribution in [0.15, 0.2) is 53.9 Å². The van der Waals surface area contributed by atoms with Gasteiger partial charge in [-0.05, 0) is 23.1 Å². The van der Waals surface area contributed by atoms with Gasteiger partial charge in [0.25, 0.3) is 11.8 Å². The monoisotopic (exact) mass is 467 g/mol. The maximum absolute atomic E-state index is 13.4. The number of hydrogen-bond acceptors (Lipinski definition) is 6. The lowest BCUT2D eigenvalue weighted by molar-refractivity contribution is 0.0541. The second kappa shape index (κ2) is 9.44. The molecular weight excluding hydrogens is 442 g/mol. The molecule has 2 amide bonds. The maximum atomic E-state index is 13.4. The first-order chi connectivity index (χ1) is 15.7. The van der Waals surface area contributed by atoms with Crippen LogP contribution < -0.4 is 4.90 Å². The average Bonchev–Trinajstić information content (AvgIpc) is 3.55. The number of hydrogen-bond donors (Lipinski definition) is 0. The van der Waals surface area contributed by atoms with Crippen LogP contribution in [-0.2, 0) is 4.74 Å². The van der Waals surface area contributed by atoms with E-state index in [1.54, 1.807) is 11.3 Å². The molecule has 6 nitrogen and oxygen atoms in total. The molecule has 0 atom stereocenters. The van der Waals surface area contributed by atoms with Crippen molar-refractivity contribution in [3.05, 3.63) is 63.7 Å². The summed E-state index contributed by atoms with van der Waals surface area (Å²) in [6.07, 6.45) is 0. The fourth-order valence-corrected chi connectivity index (χ4v) is 6.03. The number of carbonyl (C=O) groups excluding carboxylic acids is 2. The Bertz CT molecular complexity index is 1070. The fraction of sp³-hybridized carbons (Fsp3) is 0.333. The van der Waals surface area contributed by atoms with Gasteiger partial charge in [-0.15, -0.1) is 22.7 Å². The summed E-state index contributed by atoms with van der Waals surface area (Å²) in [6.45, 7) is 5.31. The Hall–Kier alpha value is -2.68. The summed E-state index contributed by atoms with van der Waals surface area (Å²) in [6, 6.07) is 16.0. The maximum Gasteiger partial charge on any atom is 0.264 e. The smallest absolute Gasteiger partial charge is 0.264 e. The Kier molecular flexibility index (Phi) is 6.25. The van der Waals surface area contributed by atoms with Crippen LogP contribution in [0.4, 0.5) is 5.00 Å². The van der Waals surface area contributed by atoms with E-state index in [0.717, 1.165) is 39.0 Å². The molecule has 2 aliphatic heterocycles. The predicted octanol–water partition coefficient (Wildman–Crippen LogP) is 3.91. The topological polar surface area (TPSA) is 53.1 Å². The molecule has 0 radical (unpaired) electrons. The van der Waals surface area contributed by atoms with Crippen molar-refractivity contribution in [2.45, 2.75) is 0 Å². The number of amides is 2. The molecule has 0 N–H and O–H groups in total. The molecule has 32 heavy (non-hydrogen) atoms. The summed E-state index contributed by atoms with van der Waals surface area (Å²) in [5.74, 6) is 0.110. The van der Waals surface area contributed by atoms with Crippen molar-refractivity contribution in [3.63, 3.8) is 0 Å². The second-order valence-corrected chi connectivity index (χ2v) is 9.83. The van der Waals surface area contributed by atoms with E-state index in [4.69, 9.17) is 4.74 Å². The normalized spacial score (nSPS) is 16.9. The lowest BCUT2D eigenvalue weighted by Crippen LogP contribution is -2.50. The fourth-order valence-electron chi connectivity index (χ4n) is 4.14. The third-order valence-corrected chi connectivity index (χ3v) is 7.93. The van der Waals surface area contributed by atoms with E-state index in [-0.39, 0.29) is 11.8 Å². The molecule has 0 unspecified atom stereocenters. The quantitative estimate of drug-likeness (QED) is 0.584. The van der Waals surface area contributed by atoms with E-state index in [9.17, 15) is 9.59 Å². The molecule has 2 aliphatic rings. The van der Waals surface area contributed by atoms with E-state index in [1.165, 1.54) is 11.3 Å². The highest BCUT2D eigenvalue weighted by molar-refractivity contribution is 7.18. The summed E-state index contributed by atoms with van der Waals surface area (Å²) < 4.78 is 5.53. The number of carbonyl (C=O) groups is 2. The van der Waals surface area contributed by atoms with Crippen LogP contribution in [0.25, 0.3) is 11.1 Å². The zero-order chi connectivity index (χ0) is 21.9. The number of nitrogens with zero attached hydrogens (tertiary/aromatic N) is 3. The Morgan fingerprint density at radius 1 is 0.781 bits per heavy atom. The molecule has 1 aromatic carbocycles. The number of ether oxygens (including phenoxy) is 1. The van der Waals surface area contributed by atoms with Crippen LogP contribution in [0.5, 0.6) is 0 Å². The first-order valence-corrected chi connectivity index (χ1v) is 12.5. The van der Waals surface area contributed by atoms with Gasteiger partial charge in [-0.2, -0.15) is 0 Å². The van der Waals surface area contributed by atoms with Crippen LogP contribution in [0, 0.1) is 0 Å². The predicted molar refractivity (Wildman–Crippen MR) is 129 cm³/mol. The van der Waals surface area contributed by atoms with Crippen molar-refractivity contribution in [2.24, 2.45) is 0 Å². The molecule has 166 valence electrons. The third-order valence-electron chi connectivity index (χ3n) is 5.89. The highest BCUT2D eigenvalue weighted by atomic mass is 32.1. The van der Waals surface area contributed by atoms with E-state index >= 15 is 0 Å². The number of benzene rings is 1. The Morgan fingerprint density at radius 2 is 1.44 bits per heavy atom. The van der Waals surface area contributed by atoms with Gasteiger partial charge in [0.15, 0.2) is 0 Å². The molecule has 5 rings (SSSR count). The van der Waals surface area contributed by atoms with Gasteiger partial charge in [0.05, 0.1) is 28.0 Å². The number of rotatable bonds is 4. The van der Waals surface area contributed by atoms with Gasteiger partial charge >= 0.3 is 0 Å². The van der Waals surface area contributed by atoms with Gasteiger partial charge in [0, 0.05) is 44.8 Å². The van der Waals surface area contributed by atoms with Crippen LogP contribution in [-0.4, -0.2) is 74.1 Å². The van der Waals surface area contributed by atoms with E-state index in [2.05, 4.69) is 17.0 Å². The number of morpholine rings is 1.